The fourth-order valence-corrected chi connectivity index (χ4v) is 5.74. The molecule has 10 heteroatoms. The van der Waals surface area contributed by atoms with Crippen molar-refractivity contribution in [3.05, 3.63) is 76.8 Å². The summed E-state index contributed by atoms with van der Waals surface area (Å²) in [5.41, 5.74) is 4.27. The van der Waals surface area contributed by atoms with Gasteiger partial charge in [-0.05, 0) is 35.4 Å². The van der Waals surface area contributed by atoms with Crippen molar-refractivity contribution in [2.24, 2.45) is 11.3 Å². The van der Waals surface area contributed by atoms with Gasteiger partial charge in [-0.3, -0.25) is 14.4 Å². The minimum atomic E-state index is -1.81. The Morgan fingerprint density at radius 1 is 1.10 bits per heavy atom. The van der Waals surface area contributed by atoms with Crippen molar-refractivity contribution in [3.63, 3.8) is 0 Å². The maximum Gasteiger partial charge on any atom is 0.363 e. The third-order valence-corrected chi connectivity index (χ3v) is 7.39. The van der Waals surface area contributed by atoms with Crippen molar-refractivity contribution in [2.45, 2.75) is 39.8 Å². The minimum Gasteiger partial charge on any atom is -0.481 e. The number of nitrogens with zero attached hydrogens (tertiary/aromatic N) is 1. The number of fused-ring (bicyclic) bond motifs is 2. The SMILES string of the molecule is COC(=O)[C@@H](N[N@@+]1(CC(C)(C)C)C(=O)CO[C@H](c2cccc3ccccc23)c2cc(Cl)ccc21)C(C(C)=O)C(=O)O. The van der Waals surface area contributed by atoms with Crippen LogP contribution in [0.1, 0.15) is 44.9 Å². The van der Waals surface area contributed by atoms with E-state index in [-0.39, 0.29) is 13.2 Å². The first-order valence-electron chi connectivity index (χ1n) is 13.2. The van der Waals surface area contributed by atoms with Gasteiger partial charge in [0.05, 0.1) is 12.7 Å². The second kappa shape index (κ2) is 11.7. The van der Waals surface area contributed by atoms with Gasteiger partial charge < -0.3 is 14.6 Å². The number of carbonyl (C=O) groups excluding carboxylic acids is 3. The number of carboxylic acids is 1. The number of benzene rings is 3. The molecule has 1 amide bonds. The normalized spacial score (nSPS) is 20.5. The van der Waals surface area contributed by atoms with E-state index in [1.807, 2.05) is 63.2 Å². The molecule has 1 heterocycles. The number of amides is 1. The van der Waals surface area contributed by atoms with E-state index in [4.69, 9.17) is 21.1 Å². The number of aliphatic carboxylic acids is 1. The van der Waals surface area contributed by atoms with Crippen molar-refractivity contribution in [1.82, 2.24) is 10.0 Å². The lowest BCUT2D eigenvalue weighted by Crippen LogP contribution is -2.72. The van der Waals surface area contributed by atoms with Crippen molar-refractivity contribution < 1.29 is 33.8 Å². The smallest absolute Gasteiger partial charge is 0.363 e. The largest absolute Gasteiger partial charge is 0.481 e. The number of methoxy groups -OCH3 is 1. The van der Waals surface area contributed by atoms with Gasteiger partial charge >= 0.3 is 17.8 Å². The topological polar surface area (TPSA) is 119 Å². The Morgan fingerprint density at radius 2 is 1.78 bits per heavy atom. The number of ether oxygens (including phenoxy) is 2. The van der Waals surface area contributed by atoms with Crippen LogP contribution in [0.3, 0.4) is 0 Å². The lowest BCUT2D eigenvalue weighted by molar-refractivity contribution is -0.160. The van der Waals surface area contributed by atoms with Crippen LogP contribution in [0, 0.1) is 11.3 Å². The van der Waals surface area contributed by atoms with E-state index < -0.39 is 51.7 Å². The van der Waals surface area contributed by atoms with Gasteiger partial charge in [-0.25, -0.2) is 4.79 Å². The highest BCUT2D eigenvalue weighted by atomic mass is 35.5. The van der Waals surface area contributed by atoms with Crippen LogP contribution in [0.5, 0.6) is 0 Å². The van der Waals surface area contributed by atoms with Crippen LogP contribution < -0.4 is 10.0 Å². The molecule has 4 rings (SSSR count). The predicted molar refractivity (Wildman–Crippen MR) is 155 cm³/mol. The highest BCUT2D eigenvalue weighted by Gasteiger charge is 2.53. The average Bonchev–Trinajstić information content (AvgIpc) is 3.00. The van der Waals surface area contributed by atoms with E-state index in [2.05, 4.69) is 5.43 Å². The number of ketones is 1. The lowest BCUT2D eigenvalue weighted by atomic mass is 9.91. The molecule has 0 fully saturated rings. The van der Waals surface area contributed by atoms with Crippen molar-refractivity contribution in [2.75, 3.05) is 20.3 Å². The molecule has 2 N–H and O–H groups in total. The summed E-state index contributed by atoms with van der Waals surface area (Å²) in [5.74, 6) is -5.56. The maximum atomic E-state index is 14.3. The molecule has 0 aromatic heterocycles. The monoisotopic (exact) mass is 581 g/mol. The Labute approximate surface area is 243 Å². The Kier molecular flexibility index (Phi) is 8.65. The molecule has 0 saturated heterocycles. The van der Waals surface area contributed by atoms with E-state index in [1.165, 1.54) is 0 Å². The first-order valence-corrected chi connectivity index (χ1v) is 13.6. The second-order valence-corrected chi connectivity index (χ2v) is 11.9. The molecule has 0 aliphatic carbocycles. The highest BCUT2D eigenvalue weighted by Crippen LogP contribution is 2.43. The number of Topliss-reactive ketones (excluding diaryl/α,β-unsaturated/α-hetero) is 1. The molecular formula is C31H34ClN2O7+. The molecule has 3 aromatic carbocycles. The molecule has 3 aromatic rings. The van der Waals surface area contributed by atoms with Crippen molar-refractivity contribution >= 4 is 51.7 Å². The van der Waals surface area contributed by atoms with E-state index in [0.717, 1.165) is 30.4 Å². The number of nitrogens with one attached hydrogen (secondary N) is 1. The zero-order valence-corrected chi connectivity index (χ0v) is 24.4. The number of halogens is 1. The van der Waals surface area contributed by atoms with Crippen LogP contribution in [-0.2, 0) is 28.7 Å². The van der Waals surface area contributed by atoms with Crippen LogP contribution >= 0.6 is 11.6 Å². The minimum absolute atomic E-state index is 0.0871. The summed E-state index contributed by atoms with van der Waals surface area (Å²) in [6.45, 7) is 6.54. The fourth-order valence-electron chi connectivity index (χ4n) is 5.56. The summed E-state index contributed by atoms with van der Waals surface area (Å²) in [7, 11) is 1.10. The average molecular weight is 582 g/mol. The van der Waals surface area contributed by atoms with E-state index >= 15 is 0 Å². The Balaban J connectivity index is 2.02. The van der Waals surface area contributed by atoms with Gasteiger partial charge in [0, 0.05) is 16.5 Å². The molecule has 1 aliphatic heterocycles. The Morgan fingerprint density at radius 3 is 2.41 bits per heavy atom. The summed E-state index contributed by atoms with van der Waals surface area (Å²) >= 11 is 6.51. The molecular weight excluding hydrogens is 548 g/mol. The molecule has 9 nitrogen and oxygen atoms in total. The summed E-state index contributed by atoms with van der Waals surface area (Å²) < 4.78 is 10.6. The van der Waals surface area contributed by atoms with Gasteiger partial charge in [-0.15, -0.1) is 10.0 Å². The molecule has 0 saturated carbocycles. The standard InChI is InChI=1S/C31H33ClN2O7/c1-18(35)26(29(37)38)27(30(39)40-5)33-34(17-31(2,3)4)24-14-13-20(32)15-23(24)28(41-16-25(34)36)22-12-8-10-19-9-6-7-11-21(19)22/h6-15,26-28,33H,16-17H2,1-5H3/p+1/t26?,27-,28+,34+/m0/s1. The summed E-state index contributed by atoms with van der Waals surface area (Å²) in [5, 5.41) is 12.3. The second-order valence-electron chi connectivity index (χ2n) is 11.4. The molecule has 4 atom stereocenters. The van der Waals surface area contributed by atoms with Crippen molar-refractivity contribution in [1.29, 1.82) is 0 Å². The number of quaternary nitrogens is 1. The van der Waals surface area contributed by atoms with E-state index in [1.54, 1.807) is 18.2 Å². The molecule has 1 unspecified atom stereocenters. The first-order chi connectivity index (χ1) is 19.3. The third kappa shape index (κ3) is 6.04. The van der Waals surface area contributed by atoms with Gasteiger partial charge in [0.2, 0.25) is 0 Å². The zero-order chi connectivity index (χ0) is 30.1. The van der Waals surface area contributed by atoms with Crippen molar-refractivity contribution in [3.8, 4) is 0 Å². The molecule has 0 radical (unpaired) electrons. The molecule has 41 heavy (non-hydrogen) atoms. The van der Waals surface area contributed by atoms with Gasteiger partial charge in [0.25, 0.3) is 0 Å². The van der Waals surface area contributed by atoms with Crippen LogP contribution in [0.15, 0.2) is 60.7 Å². The number of hydrogen-bond donors (Lipinski definition) is 2. The first kappa shape index (κ1) is 30.3. The Bertz CT molecular complexity index is 1500. The zero-order valence-electron chi connectivity index (χ0n) is 23.6. The van der Waals surface area contributed by atoms with Crippen LogP contribution in [-0.4, -0.2) is 55.0 Å². The fraction of sp³-hybridized carbons (Fsp3) is 0.355. The predicted octanol–water partition coefficient (Wildman–Crippen LogP) is 4.83. The molecule has 216 valence electrons. The van der Waals surface area contributed by atoms with E-state index in [0.29, 0.717) is 16.3 Å². The number of carboxylic acid groups (broad SMARTS) is 1. The molecule has 0 spiro atoms. The number of hydrogen-bond acceptors (Lipinski definition) is 7. The summed E-state index contributed by atoms with van der Waals surface area (Å²) in [6, 6.07) is 17.0. The van der Waals surface area contributed by atoms with Crippen LogP contribution in [0.4, 0.5) is 5.69 Å². The van der Waals surface area contributed by atoms with Gasteiger partial charge in [0.1, 0.15) is 24.3 Å². The summed E-state index contributed by atoms with van der Waals surface area (Å²) in [4.78, 5) is 52.1. The number of carbonyl (C=O) groups is 4. The van der Waals surface area contributed by atoms with Gasteiger partial charge in [-0.1, -0.05) is 74.8 Å². The number of rotatable bonds is 8. The lowest BCUT2D eigenvalue weighted by Gasteiger charge is -2.41. The number of esters is 1. The Hall–Kier alpha value is -3.63. The third-order valence-electron chi connectivity index (χ3n) is 7.15. The maximum absolute atomic E-state index is 14.3. The highest BCUT2D eigenvalue weighted by molar-refractivity contribution is 6.30. The van der Waals surface area contributed by atoms with E-state index in [9.17, 15) is 24.3 Å². The van der Waals surface area contributed by atoms with Crippen LogP contribution in [0.2, 0.25) is 5.02 Å². The molecule has 1 aliphatic rings. The summed E-state index contributed by atoms with van der Waals surface area (Å²) in [6.07, 6.45) is -0.722. The quantitative estimate of drug-likeness (QED) is 0.221. The van der Waals surface area contributed by atoms with Crippen LogP contribution in [0.25, 0.3) is 10.8 Å². The van der Waals surface area contributed by atoms with Gasteiger partial charge in [-0.2, -0.15) is 0 Å². The molecule has 0 bridgehead atoms. The van der Waals surface area contributed by atoms with Gasteiger partial charge in [0.15, 0.2) is 18.3 Å².